The first-order chi connectivity index (χ1) is 11.7. The Balaban J connectivity index is 1.70. The van der Waals surface area contributed by atoms with Crippen LogP contribution in [0.4, 0.5) is 0 Å². The molecule has 1 aromatic carbocycles. The van der Waals surface area contributed by atoms with Crippen molar-refractivity contribution in [1.29, 1.82) is 0 Å². The molecular weight excluding hydrogens is 304 g/mol. The van der Waals surface area contributed by atoms with Crippen LogP contribution in [0.25, 0.3) is 0 Å². The van der Waals surface area contributed by atoms with Gasteiger partial charge in [0.25, 0.3) is 5.91 Å². The van der Waals surface area contributed by atoms with Gasteiger partial charge in [-0.2, -0.15) is 0 Å². The molecule has 2 fully saturated rings. The van der Waals surface area contributed by atoms with Crippen molar-refractivity contribution in [3.63, 3.8) is 0 Å². The van der Waals surface area contributed by atoms with Crippen LogP contribution < -0.4 is 0 Å². The Morgan fingerprint density at radius 2 is 1.92 bits per heavy atom. The Hall–Kier alpha value is -1.43. The minimum atomic E-state index is -0.412. The topological polar surface area (TPSA) is 42.0 Å². The first-order valence-electron chi connectivity index (χ1n) is 8.85. The number of likely N-dealkylation sites (N-methyl/N-ethyl adjacent to an activating group) is 1. The monoisotopic (exact) mass is 332 g/mol. The number of rotatable bonds is 4. The van der Waals surface area contributed by atoms with Crippen LogP contribution in [-0.2, 0) is 14.3 Å². The zero-order valence-electron chi connectivity index (χ0n) is 14.7. The van der Waals surface area contributed by atoms with Gasteiger partial charge in [0.05, 0.1) is 12.6 Å². The number of amides is 1. The standard InChI is InChI=1S/C19H28N2O3/c1-20-12-13-24-18(17(20)16-6-4-3-5-7-16)19(22)21-10-8-15(9-11-21)14-23-2/h3-7,15,17-18H,8-14H2,1-2H3/t17-,18+/m0/s1. The van der Waals surface area contributed by atoms with Crippen molar-refractivity contribution in [2.24, 2.45) is 5.92 Å². The van der Waals surface area contributed by atoms with Gasteiger partial charge >= 0.3 is 0 Å². The van der Waals surface area contributed by atoms with Crippen molar-refractivity contribution in [2.45, 2.75) is 25.0 Å². The number of ether oxygens (including phenoxy) is 2. The highest BCUT2D eigenvalue weighted by atomic mass is 16.5. The maximum atomic E-state index is 13.1. The predicted molar refractivity (Wildman–Crippen MR) is 92.7 cm³/mol. The van der Waals surface area contributed by atoms with E-state index in [1.54, 1.807) is 7.11 Å². The van der Waals surface area contributed by atoms with E-state index in [9.17, 15) is 4.79 Å². The molecule has 0 aromatic heterocycles. The third kappa shape index (κ3) is 3.79. The van der Waals surface area contributed by atoms with Gasteiger partial charge in [0.15, 0.2) is 6.10 Å². The van der Waals surface area contributed by atoms with Crippen molar-refractivity contribution in [1.82, 2.24) is 9.80 Å². The summed E-state index contributed by atoms with van der Waals surface area (Å²) in [6, 6.07) is 10.2. The lowest BCUT2D eigenvalue weighted by atomic mass is 9.94. The molecule has 0 aliphatic carbocycles. The van der Waals surface area contributed by atoms with Crippen LogP contribution >= 0.6 is 0 Å². The minimum Gasteiger partial charge on any atom is -0.384 e. The number of morpholine rings is 1. The normalized spacial score (nSPS) is 26.5. The van der Waals surface area contributed by atoms with Crippen LogP contribution in [-0.4, -0.2) is 68.8 Å². The van der Waals surface area contributed by atoms with E-state index in [4.69, 9.17) is 9.47 Å². The second kappa shape index (κ2) is 8.10. The lowest BCUT2D eigenvalue weighted by Crippen LogP contribution is -2.53. The highest BCUT2D eigenvalue weighted by Gasteiger charge is 2.39. The van der Waals surface area contributed by atoms with Crippen LogP contribution in [0.5, 0.6) is 0 Å². The summed E-state index contributed by atoms with van der Waals surface area (Å²) in [5.41, 5.74) is 1.15. The fraction of sp³-hybridized carbons (Fsp3) is 0.632. The fourth-order valence-electron chi connectivity index (χ4n) is 3.81. The Bertz CT molecular complexity index is 529. The summed E-state index contributed by atoms with van der Waals surface area (Å²) in [7, 11) is 3.82. The van der Waals surface area contributed by atoms with E-state index < -0.39 is 6.10 Å². The number of nitrogens with zero attached hydrogens (tertiary/aromatic N) is 2. The van der Waals surface area contributed by atoms with E-state index in [0.717, 1.165) is 44.6 Å². The number of benzene rings is 1. The second-order valence-corrected chi connectivity index (χ2v) is 6.85. The van der Waals surface area contributed by atoms with Gasteiger partial charge in [0.1, 0.15) is 0 Å². The molecule has 5 nitrogen and oxygen atoms in total. The van der Waals surface area contributed by atoms with Gasteiger partial charge < -0.3 is 14.4 Å². The zero-order valence-corrected chi connectivity index (χ0v) is 14.7. The first-order valence-corrected chi connectivity index (χ1v) is 8.85. The number of carbonyl (C=O) groups is 1. The molecule has 2 aliphatic heterocycles. The third-order valence-electron chi connectivity index (χ3n) is 5.22. The molecule has 2 aliphatic rings. The maximum absolute atomic E-state index is 13.1. The van der Waals surface area contributed by atoms with Gasteiger partial charge in [0, 0.05) is 33.4 Å². The molecule has 2 heterocycles. The van der Waals surface area contributed by atoms with Crippen LogP contribution in [0, 0.1) is 5.92 Å². The average molecular weight is 332 g/mol. The molecule has 0 bridgehead atoms. The van der Waals surface area contributed by atoms with Crippen molar-refractivity contribution < 1.29 is 14.3 Å². The van der Waals surface area contributed by atoms with Crippen molar-refractivity contribution in [3.8, 4) is 0 Å². The van der Waals surface area contributed by atoms with Crippen molar-refractivity contribution in [3.05, 3.63) is 35.9 Å². The molecule has 1 aromatic rings. The molecule has 0 spiro atoms. The lowest BCUT2D eigenvalue weighted by molar-refractivity contribution is -0.157. The molecule has 2 atom stereocenters. The van der Waals surface area contributed by atoms with Gasteiger partial charge in [-0.25, -0.2) is 0 Å². The fourth-order valence-corrected chi connectivity index (χ4v) is 3.81. The SMILES string of the molecule is COCC1CCN(C(=O)[C@@H]2OCCN(C)[C@H]2c2ccccc2)CC1. The van der Waals surface area contributed by atoms with E-state index in [2.05, 4.69) is 24.1 Å². The Morgan fingerprint density at radius 1 is 1.21 bits per heavy atom. The number of methoxy groups -OCH3 is 1. The highest BCUT2D eigenvalue weighted by Crippen LogP contribution is 2.30. The highest BCUT2D eigenvalue weighted by molar-refractivity contribution is 5.82. The minimum absolute atomic E-state index is 0.0100. The van der Waals surface area contributed by atoms with Gasteiger partial charge in [0.2, 0.25) is 0 Å². The summed E-state index contributed by atoms with van der Waals surface area (Å²) in [5, 5.41) is 0. The van der Waals surface area contributed by atoms with E-state index in [0.29, 0.717) is 12.5 Å². The smallest absolute Gasteiger partial charge is 0.253 e. The Morgan fingerprint density at radius 3 is 2.58 bits per heavy atom. The molecule has 1 amide bonds. The molecule has 5 heteroatoms. The molecule has 2 saturated heterocycles. The molecule has 0 unspecified atom stereocenters. The summed E-state index contributed by atoms with van der Waals surface area (Å²) in [6.07, 6.45) is 1.61. The second-order valence-electron chi connectivity index (χ2n) is 6.85. The number of hydrogen-bond acceptors (Lipinski definition) is 4. The largest absolute Gasteiger partial charge is 0.384 e. The predicted octanol–water partition coefficient (Wildman–Crippen LogP) is 1.94. The molecule has 0 N–H and O–H groups in total. The van der Waals surface area contributed by atoms with Crippen LogP contribution in [0.1, 0.15) is 24.4 Å². The Labute approximate surface area is 144 Å². The quantitative estimate of drug-likeness (QED) is 0.845. The summed E-state index contributed by atoms with van der Waals surface area (Å²) < 4.78 is 11.2. The van der Waals surface area contributed by atoms with Crippen LogP contribution in [0.2, 0.25) is 0 Å². The van der Waals surface area contributed by atoms with E-state index >= 15 is 0 Å². The molecule has 3 rings (SSSR count). The van der Waals surface area contributed by atoms with Crippen LogP contribution in [0.3, 0.4) is 0 Å². The molecule has 0 radical (unpaired) electrons. The van der Waals surface area contributed by atoms with Gasteiger partial charge in [-0.15, -0.1) is 0 Å². The number of hydrogen-bond donors (Lipinski definition) is 0. The lowest BCUT2D eigenvalue weighted by Gasteiger charge is -2.41. The van der Waals surface area contributed by atoms with Gasteiger partial charge in [-0.3, -0.25) is 9.69 Å². The summed E-state index contributed by atoms with van der Waals surface area (Å²) >= 11 is 0. The summed E-state index contributed by atoms with van der Waals surface area (Å²) in [6.45, 7) is 3.85. The maximum Gasteiger partial charge on any atom is 0.253 e. The van der Waals surface area contributed by atoms with Crippen LogP contribution in [0.15, 0.2) is 30.3 Å². The summed E-state index contributed by atoms with van der Waals surface area (Å²) in [5.74, 6) is 0.699. The zero-order chi connectivity index (χ0) is 16.9. The van der Waals surface area contributed by atoms with Gasteiger partial charge in [-0.05, 0) is 31.4 Å². The van der Waals surface area contributed by atoms with E-state index in [1.807, 2.05) is 23.1 Å². The molecule has 0 saturated carbocycles. The van der Waals surface area contributed by atoms with E-state index in [-0.39, 0.29) is 11.9 Å². The third-order valence-corrected chi connectivity index (χ3v) is 5.22. The summed E-state index contributed by atoms with van der Waals surface area (Å²) in [4.78, 5) is 17.3. The van der Waals surface area contributed by atoms with E-state index in [1.165, 1.54) is 0 Å². The first kappa shape index (κ1) is 17.4. The molecule has 132 valence electrons. The number of likely N-dealkylation sites (tertiary alicyclic amines) is 1. The number of piperidine rings is 1. The number of carbonyl (C=O) groups excluding carboxylic acids is 1. The molecular formula is C19H28N2O3. The Kier molecular flexibility index (Phi) is 5.87. The van der Waals surface area contributed by atoms with Gasteiger partial charge in [-0.1, -0.05) is 30.3 Å². The van der Waals surface area contributed by atoms with Crippen molar-refractivity contribution in [2.75, 3.05) is 47.0 Å². The average Bonchev–Trinajstić information content (AvgIpc) is 2.62. The van der Waals surface area contributed by atoms with Crippen molar-refractivity contribution >= 4 is 5.91 Å². The molecule has 24 heavy (non-hydrogen) atoms.